The number of carbonyl (C=O) groups excluding carboxylic acids is 1. The summed E-state index contributed by atoms with van der Waals surface area (Å²) < 4.78 is 28.8. The van der Waals surface area contributed by atoms with E-state index >= 15 is 0 Å². The fourth-order valence-corrected chi connectivity index (χ4v) is 5.52. The number of hydrogen-bond donors (Lipinski definition) is 1. The van der Waals surface area contributed by atoms with Crippen LogP contribution < -0.4 is 5.32 Å². The Morgan fingerprint density at radius 1 is 0.969 bits per heavy atom. The van der Waals surface area contributed by atoms with E-state index in [0.29, 0.717) is 30.8 Å². The Labute approximate surface area is 189 Å². The summed E-state index contributed by atoms with van der Waals surface area (Å²) >= 11 is 0. The third-order valence-electron chi connectivity index (χ3n) is 5.77. The number of amides is 1. The van der Waals surface area contributed by atoms with E-state index in [9.17, 15) is 13.2 Å². The summed E-state index contributed by atoms with van der Waals surface area (Å²) in [4.78, 5) is 16.7. The molecule has 0 spiro atoms. The van der Waals surface area contributed by atoms with Gasteiger partial charge in [0.15, 0.2) is 0 Å². The maximum absolute atomic E-state index is 12.6. The molecule has 8 heteroatoms. The molecule has 3 aromatic rings. The van der Waals surface area contributed by atoms with E-state index in [1.54, 1.807) is 34.8 Å². The molecule has 0 aliphatic carbocycles. The van der Waals surface area contributed by atoms with Crippen molar-refractivity contribution < 1.29 is 13.2 Å². The van der Waals surface area contributed by atoms with Gasteiger partial charge in [-0.1, -0.05) is 30.7 Å². The molecular formula is C24H28N4O3S. The summed E-state index contributed by atoms with van der Waals surface area (Å²) in [5, 5.41) is 2.92. The van der Waals surface area contributed by atoms with E-state index in [1.165, 1.54) is 0 Å². The maximum atomic E-state index is 12.6. The monoisotopic (exact) mass is 452 g/mol. The van der Waals surface area contributed by atoms with Gasteiger partial charge < -0.3 is 9.88 Å². The van der Waals surface area contributed by atoms with Crippen LogP contribution in [0.4, 0.5) is 0 Å². The molecule has 1 aliphatic heterocycles. The Balaban J connectivity index is 1.32. The van der Waals surface area contributed by atoms with Crippen LogP contribution in [-0.2, 0) is 22.3 Å². The number of nitrogens with zero attached hydrogens (tertiary/aromatic N) is 3. The quantitative estimate of drug-likeness (QED) is 0.595. The number of imidazole rings is 1. The normalized spacial score (nSPS) is 14.9. The van der Waals surface area contributed by atoms with Gasteiger partial charge in [0.25, 0.3) is 5.91 Å². The third kappa shape index (κ3) is 5.26. The summed E-state index contributed by atoms with van der Waals surface area (Å²) in [6.07, 6.45) is 6.60. The molecule has 1 saturated heterocycles. The Bertz CT molecular complexity index is 1160. The lowest BCUT2D eigenvalue weighted by Gasteiger charge is -2.25. The smallest absolute Gasteiger partial charge is 0.251 e. The van der Waals surface area contributed by atoms with Crippen molar-refractivity contribution in [3.63, 3.8) is 0 Å². The molecule has 0 saturated carbocycles. The van der Waals surface area contributed by atoms with Crippen LogP contribution in [0.5, 0.6) is 0 Å². The zero-order valence-electron chi connectivity index (χ0n) is 18.2. The van der Waals surface area contributed by atoms with E-state index in [0.717, 1.165) is 36.3 Å². The molecule has 1 aliphatic rings. The molecule has 0 bridgehead atoms. The number of sulfonamides is 1. The summed E-state index contributed by atoms with van der Waals surface area (Å²) in [7, 11) is -3.31. The second kappa shape index (κ2) is 9.67. The van der Waals surface area contributed by atoms with Gasteiger partial charge >= 0.3 is 0 Å². The van der Waals surface area contributed by atoms with Crippen molar-refractivity contribution in [2.45, 2.75) is 38.5 Å². The standard InChI is InChI=1S/C24H28N4O3S/c1-19-25-13-16-28(19)23-11-7-20(8-12-23)17-26-24(29)22-9-5-21(6-10-22)18-32(30,31)27-14-3-2-4-15-27/h5-13,16H,2-4,14-15,17-18H2,1H3,(H,26,29). The molecule has 7 nitrogen and oxygen atoms in total. The molecule has 0 atom stereocenters. The highest BCUT2D eigenvalue weighted by atomic mass is 32.2. The second-order valence-corrected chi connectivity index (χ2v) is 10.1. The summed E-state index contributed by atoms with van der Waals surface area (Å²) in [5.41, 5.74) is 3.21. The number of carbonyl (C=O) groups is 1. The SMILES string of the molecule is Cc1nccn1-c1ccc(CNC(=O)c2ccc(CS(=O)(=O)N3CCCCC3)cc2)cc1. The van der Waals surface area contributed by atoms with Gasteiger partial charge in [-0.25, -0.2) is 17.7 Å². The van der Waals surface area contributed by atoms with Crippen LogP contribution >= 0.6 is 0 Å². The van der Waals surface area contributed by atoms with Crippen LogP contribution in [-0.4, -0.2) is 41.3 Å². The van der Waals surface area contributed by atoms with Gasteiger partial charge in [-0.05, 0) is 55.2 Å². The summed E-state index contributed by atoms with van der Waals surface area (Å²) in [6, 6.07) is 14.7. The predicted octanol–water partition coefficient (Wildman–Crippen LogP) is 3.43. The van der Waals surface area contributed by atoms with Crippen LogP contribution in [0.1, 0.15) is 46.6 Å². The summed E-state index contributed by atoms with van der Waals surface area (Å²) in [5.74, 6) is 0.695. The third-order valence-corrected chi connectivity index (χ3v) is 7.62. The van der Waals surface area contributed by atoms with Crippen LogP contribution in [0.25, 0.3) is 5.69 Å². The van der Waals surface area contributed by atoms with Gasteiger partial charge in [-0.3, -0.25) is 4.79 Å². The zero-order chi connectivity index (χ0) is 22.6. The molecule has 168 valence electrons. The van der Waals surface area contributed by atoms with E-state index in [4.69, 9.17) is 0 Å². The Hall–Kier alpha value is -2.97. The van der Waals surface area contributed by atoms with Gasteiger partial charge in [-0.15, -0.1) is 0 Å². The van der Waals surface area contributed by atoms with Crippen LogP contribution in [0.15, 0.2) is 60.9 Å². The number of aromatic nitrogens is 2. The molecule has 4 rings (SSSR count). The zero-order valence-corrected chi connectivity index (χ0v) is 19.0. The lowest BCUT2D eigenvalue weighted by molar-refractivity contribution is 0.0951. The number of rotatable bonds is 7. The first-order valence-corrected chi connectivity index (χ1v) is 12.5. The van der Waals surface area contributed by atoms with Crippen molar-refractivity contribution >= 4 is 15.9 Å². The van der Waals surface area contributed by atoms with E-state index in [2.05, 4.69) is 10.3 Å². The second-order valence-electron chi connectivity index (χ2n) is 8.11. The minimum atomic E-state index is -3.31. The first kappa shape index (κ1) is 22.2. The molecule has 1 fully saturated rings. The molecule has 0 unspecified atom stereocenters. The summed E-state index contributed by atoms with van der Waals surface area (Å²) in [6.45, 7) is 3.56. The van der Waals surface area contributed by atoms with Crippen LogP contribution in [0.3, 0.4) is 0 Å². The average Bonchev–Trinajstić information content (AvgIpc) is 3.24. The molecule has 1 amide bonds. The highest BCUT2D eigenvalue weighted by Gasteiger charge is 2.24. The molecule has 0 radical (unpaired) electrons. The molecule has 1 aromatic heterocycles. The first-order chi connectivity index (χ1) is 15.4. The van der Waals surface area contributed by atoms with Crippen molar-refractivity contribution in [2.24, 2.45) is 0 Å². The van der Waals surface area contributed by atoms with Crippen molar-refractivity contribution in [3.05, 3.63) is 83.4 Å². The molecular weight excluding hydrogens is 424 g/mol. The van der Waals surface area contributed by atoms with E-state index in [-0.39, 0.29) is 11.7 Å². The highest BCUT2D eigenvalue weighted by molar-refractivity contribution is 7.88. The Morgan fingerprint density at radius 2 is 1.62 bits per heavy atom. The highest BCUT2D eigenvalue weighted by Crippen LogP contribution is 2.18. The fraction of sp³-hybridized carbons (Fsp3) is 0.333. The molecule has 32 heavy (non-hydrogen) atoms. The van der Waals surface area contributed by atoms with Crippen molar-refractivity contribution in [1.29, 1.82) is 0 Å². The topological polar surface area (TPSA) is 84.3 Å². The first-order valence-electron chi connectivity index (χ1n) is 10.9. The van der Waals surface area contributed by atoms with Gasteiger partial charge in [0.05, 0.1) is 5.75 Å². The predicted molar refractivity (Wildman–Crippen MR) is 124 cm³/mol. The number of aryl methyl sites for hydroxylation is 1. The molecule has 2 heterocycles. The van der Waals surface area contributed by atoms with Gasteiger partial charge in [0, 0.05) is 43.3 Å². The number of piperidine rings is 1. The van der Waals surface area contributed by atoms with Crippen molar-refractivity contribution in [2.75, 3.05) is 13.1 Å². The van der Waals surface area contributed by atoms with Gasteiger partial charge in [0.2, 0.25) is 10.0 Å². The Kier molecular flexibility index (Phi) is 6.72. The minimum Gasteiger partial charge on any atom is -0.348 e. The number of nitrogens with one attached hydrogen (secondary N) is 1. The van der Waals surface area contributed by atoms with Gasteiger partial charge in [-0.2, -0.15) is 0 Å². The molecule has 2 aromatic carbocycles. The van der Waals surface area contributed by atoms with E-state index < -0.39 is 10.0 Å². The molecule has 1 N–H and O–H groups in total. The minimum absolute atomic E-state index is 0.0301. The Morgan fingerprint density at radius 3 is 2.25 bits per heavy atom. The lowest BCUT2D eigenvalue weighted by atomic mass is 10.1. The fourth-order valence-electron chi connectivity index (χ4n) is 3.91. The maximum Gasteiger partial charge on any atom is 0.251 e. The largest absolute Gasteiger partial charge is 0.348 e. The number of hydrogen-bond acceptors (Lipinski definition) is 4. The number of benzene rings is 2. The average molecular weight is 453 g/mol. The van der Waals surface area contributed by atoms with Crippen molar-refractivity contribution in [3.8, 4) is 5.69 Å². The lowest BCUT2D eigenvalue weighted by Crippen LogP contribution is -2.36. The van der Waals surface area contributed by atoms with Crippen LogP contribution in [0, 0.1) is 6.92 Å². The van der Waals surface area contributed by atoms with E-state index in [1.807, 2.05) is 42.0 Å². The van der Waals surface area contributed by atoms with Crippen LogP contribution in [0.2, 0.25) is 0 Å². The van der Waals surface area contributed by atoms with Gasteiger partial charge in [0.1, 0.15) is 5.82 Å². The van der Waals surface area contributed by atoms with Crippen molar-refractivity contribution in [1.82, 2.24) is 19.2 Å².